The quantitative estimate of drug-likeness (QED) is 0.808. The van der Waals surface area contributed by atoms with Crippen LogP contribution in [0.25, 0.3) is 0 Å². The normalized spacial score (nSPS) is 12.1. The van der Waals surface area contributed by atoms with Crippen molar-refractivity contribution in [2.45, 2.75) is 38.5 Å². The molecule has 1 rings (SSSR count). The molecule has 0 aliphatic heterocycles. The molecular formula is C15H23BrO2. The smallest absolute Gasteiger partial charge is 0.0550 e. The maximum atomic E-state index is 9.71. The summed E-state index contributed by atoms with van der Waals surface area (Å²) >= 11 is 3.44. The van der Waals surface area contributed by atoms with Crippen LogP contribution in [0.15, 0.2) is 28.7 Å². The van der Waals surface area contributed by atoms with E-state index in [1.807, 2.05) is 24.3 Å². The van der Waals surface area contributed by atoms with E-state index < -0.39 is 5.41 Å². The zero-order chi connectivity index (χ0) is 13.6. The molecule has 102 valence electrons. The molecule has 0 fully saturated rings. The molecule has 0 heterocycles. The first-order valence-electron chi connectivity index (χ1n) is 6.52. The Kier molecular flexibility index (Phi) is 6.33. The summed E-state index contributed by atoms with van der Waals surface area (Å²) in [7, 11) is 0. The van der Waals surface area contributed by atoms with Gasteiger partial charge in [-0.05, 0) is 30.0 Å². The summed E-state index contributed by atoms with van der Waals surface area (Å²) in [6, 6.07) is 7.87. The number of hydrogen-bond acceptors (Lipinski definition) is 2. The number of benzene rings is 1. The lowest BCUT2D eigenvalue weighted by molar-refractivity contribution is 0.106. The van der Waals surface area contributed by atoms with Gasteiger partial charge in [-0.25, -0.2) is 0 Å². The number of aliphatic hydroxyl groups is 2. The first-order valence-corrected chi connectivity index (χ1v) is 7.31. The van der Waals surface area contributed by atoms with Gasteiger partial charge in [0.15, 0.2) is 0 Å². The molecule has 0 amide bonds. The third-order valence-corrected chi connectivity index (χ3v) is 3.97. The Labute approximate surface area is 118 Å². The fourth-order valence-electron chi connectivity index (χ4n) is 2.20. The van der Waals surface area contributed by atoms with Gasteiger partial charge in [-0.2, -0.15) is 0 Å². The molecule has 3 heteroatoms. The third kappa shape index (κ3) is 4.08. The van der Waals surface area contributed by atoms with E-state index in [1.54, 1.807) is 0 Å². The van der Waals surface area contributed by atoms with E-state index in [-0.39, 0.29) is 13.2 Å². The molecule has 18 heavy (non-hydrogen) atoms. The summed E-state index contributed by atoms with van der Waals surface area (Å²) in [5.74, 6) is 0.655. The number of halogens is 1. The van der Waals surface area contributed by atoms with Crippen LogP contribution in [0.2, 0.25) is 0 Å². The van der Waals surface area contributed by atoms with Crippen molar-refractivity contribution in [1.82, 2.24) is 0 Å². The van der Waals surface area contributed by atoms with Crippen molar-refractivity contribution in [1.29, 1.82) is 0 Å². The molecule has 2 nitrogen and oxygen atoms in total. The molecule has 0 unspecified atom stereocenters. The van der Waals surface area contributed by atoms with Crippen molar-refractivity contribution >= 4 is 15.9 Å². The van der Waals surface area contributed by atoms with Gasteiger partial charge in [-0.1, -0.05) is 54.8 Å². The molecule has 0 aliphatic rings. The molecule has 1 aromatic rings. The van der Waals surface area contributed by atoms with Crippen molar-refractivity contribution < 1.29 is 10.2 Å². The van der Waals surface area contributed by atoms with Crippen LogP contribution in [0.1, 0.15) is 38.7 Å². The standard InChI is InChI=1S/C15H23BrO2/c1-12(2)5-4-8-15(10-17,11-18)13-6-3-7-14(16)9-13/h3,6-7,9,12,17-18H,4-5,8,10-11H2,1-2H3. The molecule has 0 radical (unpaired) electrons. The first kappa shape index (κ1) is 15.7. The van der Waals surface area contributed by atoms with Crippen molar-refractivity contribution in [3.63, 3.8) is 0 Å². The van der Waals surface area contributed by atoms with Gasteiger partial charge in [0.05, 0.1) is 13.2 Å². The fraction of sp³-hybridized carbons (Fsp3) is 0.600. The average molecular weight is 315 g/mol. The van der Waals surface area contributed by atoms with Gasteiger partial charge >= 0.3 is 0 Å². The Morgan fingerprint density at radius 1 is 1.22 bits per heavy atom. The Morgan fingerprint density at radius 3 is 2.39 bits per heavy atom. The number of rotatable bonds is 7. The van der Waals surface area contributed by atoms with Crippen molar-refractivity contribution in [3.8, 4) is 0 Å². The Balaban J connectivity index is 2.85. The highest BCUT2D eigenvalue weighted by atomic mass is 79.9. The molecule has 0 bridgehead atoms. The lowest BCUT2D eigenvalue weighted by Crippen LogP contribution is -2.35. The van der Waals surface area contributed by atoms with Crippen molar-refractivity contribution in [2.24, 2.45) is 5.92 Å². The SMILES string of the molecule is CC(C)CCCC(CO)(CO)c1cccc(Br)c1. The fourth-order valence-corrected chi connectivity index (χ4v) is 2.60. The van der Waals surface area contributed by atoms with Crippen LogP contribution in [0.4, 0.5) is 0 Å². The van der Waals surface area contributed by atoms with Crippen LogP contribution in [-0.2, 0) is 5.41 Å². The average Bonchev–Trinajstić information content (AvgIpc) is 2.35. The van der Waals surface area contributed by atoms with E-state index in [4.69, 9.17) is 0 Å². The monoisotopic (exact) mass is 314 g/mol. The molecule has 0 spiro atoms. The second-order valence-corrected chi connectivity index (χ2v) is 6.31. The van der Waals surface area contributed by atoms with Crippen LogP contribution >= 0.6 is 15.9 Å². The molecule has 1 aromatic carbocycles. The zero-order valence-corrected chi connectivity index (χ0v) is 12.8. The van der Waals surface area contributed by atoms with E-state index >= 15 is 0 Å². The Morgan fingerprint density at radius 2 is 1.89 bits per heavy atom. The van der Waals surface area contributed by atoms with E-state index in [2.05, 4.69) is 29.8 Å². The van der Waals surface area contributed by atoms with E-state index in [0.29, 0.717) is 5.92 Å². The van der Waals surface area contributed by atoms with Gasteiger partial charge < -0.3 is 10.2 Å². The van der Waals surface area contributed by atoms with Gasteiger partial charge in [-0.3, -0.25) is 0 Å². The molecule has 0 aromatic heterocycles. The van der Waals surface area contributed by atoms with Crippen LogP contribution < -0.4 is 0 Å². The predicted molar refractivity (Wildman–Crippen MR) is 78.7 cm³/mol. The highest BCUT2D eigenvalue weighted by molar-refractivity contribution is 9.10. The minimum atomic E-state index is -0.515. The van der Waals surface area contributed by atoms with Crippen molar-refractivity contribution in [2.75, 3.05) is 13.2 Å². The lowest BCUT2D eigenvalue weighted by Gasteiger charge is -2.31. The second kappa shape index (κ2) is 7.27. The first-order chi connectivity index (χ1) is 8.54. The van der Waals surface area contributed by atoms with Gasteiger partial charge in [0, 0.05) is 9.89 Å². The van der Waals surface area contributed by atoms with Crippen LogP contribution in [0, 0.1) is 5.92 Å². The lowest BCUT2D eigenvalue weighted by atomic mass is 9.77. The van der Waals surface area contributed by atoms with Gasteiger partial charge in [0.2, 0.25) is 0 Å². The molecule has 0 atom stereocenters. The maximum absolute atomic E-state index is 9.71. The summed E-state index contributed by atoms with van der Waals surface area (Å²) in [6.07, 6.45) is 2.95. The van der Waals surface area contributed by atoms with Crippen LogP contribution in [0.3, 0.4) is 0 Å². The minimum Gasteiger partial charge on any atom is -0.395 e. The summed E-state index contributed by atoms with van der Waals surface area (Å²) in [6.45, 7) is 4.35. The highest BCUT2D eigenvalue weighted by Crippen LogP contribution is 2.31. The summed E-state index contributed by atoms with van der Waals surface area (Å²) in [4.78, 5) is 0. The molecule has 0 aliphatic carbocycles. The van der Waals surface area contributed by atoms with Gasteiger partial charge in [0.1, 0.15) is 0 Å². The summed E-state index contributed by atoms with van der Waals surface area (Å²) in [5.41, 5.74) is 0.490. The largest absolute Gasteiger partial charge is 0.395 e. The number of aliphatic hydroxyl groups excluding tert-OH is 2. The Hall–Kier alpha value is -0.380. The minimum absolute atomic E-state index is 0.0158. The van der Waals surface area contributed by atoms with E-state index in [0.717, 1.165) is 29.3 Å². The molecule has 2 N–H and O–H groups in total. The third-order valence-electron chi connectivity index (χ3n) is 3.48. The highest BCUT2D eigenvalue weighted by Gasteiger charge is 2.30. The predicted octanol–water partition coefficient (Wildman–Crippen LogP) is 3.50. The van der Waals surface area contributed by atoms with Gasteiger partial charge in [0.25, 0.3) is 0 Å². The summed E-state index contributed by atoms with van der Waals surface area (Å²) in [5, 5.41) is 19.4. The van der Waals surface area contributed by atoms with Crippen LogP contribution in [-0.4, -0.2) is 23.4 Å². The van der Waals surface area contributed by atoms with E-state index in [1.165, 1.54) is 0 Å². The molecular weight excluding hydrogens is 292 g/mol. The van der Waals surface area contributed by atoms with Crippen molar-refractivity contribution in [3.05, 3.63) is 34.3 Å². The second-order valence-electron chi connectivity index (χ2n) is 5.39. The number of hydrogen-bond donors (Lipinski definition) is 2. The zero-order valence-electron chi connectivity index (χ0n) is 11.2. The van der Waals surface area contributed by atoms with Gasteiger partial charge in [-0.15, -0.1) is 0 Å². The topological polar surface area (TPSA) is 40.5 Å². The molecule has 0 saturated carbocycles. The maximum Gasteiger partial charge on any atom is 0.0550 e. The summed E-state index contributed by atoms with van der Waals surface area (Å²) < 4.78 is 0.982. The molecule has 0 saturated heterocycles. The Bertz CT molecular complexity index is 359. The van der Waals surface area contributed by atoms with Crippen LogP contribution in [0.5, 0.6) is 0 Å². The van der Waals surface area contributed by atoms with E-state index in [9.17, 15) is 10.2 Å².